The van der Waals surface area contributed by atoms with Crippen LogP contribution in [-0.2, 0) is 13.6 Å². The van der Waals surface area contributed by atoms with E-state index in [-0.39, 0.29) is 12.0 Å². The molecule has 136 valence electrons. The second-order valence-corrected chi connectivity index (χ2v) is 8.99. The van der Waals surface area contributed by atoms with Crippen LogP contribution < -0.4 is 5.32 Å². The van der Waals surface area contributed by atoms with Crippen molar-refractivity contribution >= 4 is 7.60 Å². The highest BCUT2D eigenvalue weighted by Gasteiger charge is 2.55. The minimum atomic E-state index is -3.27. The maximum atomic E-state index is 13.8. The average molecular weight is 353 g/mol. The first kappa shape index (κ1) is 19.7. The van der Waals surface area contributed by atoms with E-state index in [1.165, 1.54) is 12.0 Å². The van der Waals surface area contributed by atoms with E-state index in [4.69, 9.17) is 9.05 Å². The summed E-state index contributed by atoms with van der Waals surface area (Å²) < 4.78 is 25.3. The highest BCUT2D eigenvalue weighted by molar-refractivity contribution is 7.55. The molecule has 3 atom stereocenters. The number of hydrogen-bond acceptors (Lipinski definition) is 4. The summed E-state index contributed by atoms with van der Waals surface area (Å²) in [6.07, 6.45) is 4.08. The van der Waals surface area contributed by atoms with Crippen LogP contribution in [0.5, 0.6) is 0 Å². The Morgan fingerprint density at radius 1 is 1.21 bits per heavy atom. The van der Waals surface area contributed by atoms with Crippen molar-refractivity contribution in [2.75, 3.05) is 13.2 Å². The number of benzene rings is 1. The highest BCUT2D eigenvalue weighted by atomic mass is 31.2. The molecule has 0 saturated heterocycles. The Kier molecular flexibility index (Phi) is 7.06. The molecular formula is C19H32NO3P. The molecule has 1 aliphatic carbocycles. The fraction of sp³-hybridized carbons (Fsp3) is 0.684. The zero-order chi connectivity index (χ0) is 17.6. The minimum Gasteiger partial charge on any atom is -0.308 e. The van der Waals surface area contributed by atoms with E-state index in [1.807, 2.05) is 32.0 Å². The molecule has 2 rings (SSSR count). The lowest BCUT2D eigenvalue weighted by Gasteiger charge is -2.48. The van der Waals surface area contributed by atoms with Gasteiger partial charge in [0.1, 0.15) is 5.28 Å². The monoisotopic (exact) mass is 353 g/mol. The molecule has 24 heavy (non-hydrogen) atoms. The minimum absolute atomic E-state index is 0.0842. The third kappa shape index (κ3) is 3.94. The molecule has 1 fully saturated rings. The lowest BCUT2D eigenvalue weighted by Crippen LogP contribution is -2.53. The SMILES string of the molecule is CCOP(=O)(OCC)[C@@]1(N[C@@H](C)c2ccccc2)CCCC[C@@H]1C. The van der Waals surface area contributed by atoms with Crippen molar-refractivity contribution in [3.8, 4) is 0 Å². The van der Waals surface area contributed by atoms with Crippen molar-refractivity contribution in [2.45, 2.75) is 64.7 Å². The van der Waals surface area contributed by atoms with Crippen LogP contribution in [0.2, 0.25) is 0 Å². The van der Waals surface area contributed by atoms with Gasteiger partial charge in [0.2, 0.25) is 0 Å². The Balaban J connectivity index is 2.38. The number of nitrogens with one attached hydrogen (secondary N) is 1. The van der Waals surface area contributed by atoms with Crippen molar-refractivity contribution in [1.82, 2.24) is 5.32 Å². The van der Waals surface area contributed by atoms with E-state index >= 15 is 0 Å². The summed E-state index contributed by atoms with van der Waals surface area (Å²) >= 11 is 0. The van der Waals surface area contributed by atoms with Gasteiger partial charge in [-0.15, -0.1) is 0 Å². The molecular weight excluding hydrogens is 321 g/mol. The molecule has 1 aromatic rings. The fourth-order valence-corrected chi connectivity index (χ4v) is 6.51. The Bertz CT molecular complexity index is 541. The van der Waals surface area contributed by atoms with Crippen molar-refractivity contribution in [1.29, 1.82) is 0 Å². The third-order valence-corrected chi connectivity index (χ3v) is 8.08. The van der Waals surface area contributed by atoms with Crippen LogP contribution in [0.3, 0.4) is 0 Å². The molecule has 1 aliphatic rings. The number of rotatable bonds is 8. The van der Waals surface area contributed by atoms with Gasteiger partial charge < -0.3 is 9.05 Å². The quantitative estimate of drug-likeness (QED) is 0.626. The maximum Gasteiger partial charge on any atom is 0.350 e. The van der Waals surface area contributed by atoms with Crippen molar-refractivity contribution < 1.29 is 13.6 Å². The third-order valence-electron chi connectivity index (χ3n) is 5.11. The summed E-state index contributed by atoms with van der Waals surface area (Å²) in [5.41, 5.74) is 1.19. The van der Waals surface area contributed by atoms with Crippen LogP contribution in [0.25, 0.3) is 0 Å². The molecule has 0 unspecified atom stereocenters. The van der Waals surface area contributed by atoms with E-state index in [0.29, 0.717) is 13.2 Å². The molecule has 1 N–H and O–H groups in total. The fourth-order valence-electron chi connectivity index (χ4n) is 3.84. The molecule has 0 bridgehead atoms. The summed E-state index contributed by atoms with van der Waals surface area (Å²) in [5, 5.41) is 3.08. The van der Waals surface area contributed by atoms with Crippen molar-refractivity contribution in [3.05, 3.63) is 35.9 Å². The molecule has 0 aromatic heterocycles. The van der Waals surface area contributed by atoms with Gasteiger partial charge in [0.05, 0.1) is 13.2 Å². The Hall–Kier alpha value is -0.670. The molecule has 1 saturated carbocycles. The van der Waals surface area contributed by atoms with Gasteiger partial charge in [0, 0.05) is 6.04 Å². The van der Waals surface area contributed by atoms with Crippen molar-refractivity contribution in [3.63, 3.8) is 0 Å². The van der Waals surface area contributed by atoms with Crippen LogP contribution in [0, 0.1) is 5.92 Å². The van der Waals surface area contributed by atoms with Crippen LogP contribution in [0.4, 0.5) is 0 Å². The molecule has 0 heterocycles. The second kappa shape index (κ2) is 8.62. The van der Waals surface area contributed by atoms with E-state index in [9.17, 15) is 4.57 Å². The Labute approximate surface area is 146 Å². The molecule has 5 heteroatoms. The normalized spacial score (nSPS) is 26.2. The molecule has 1 aromatic carbocycles. The van der Waals surface area contributed by atoms with Gasteiger partial charge >= 0.3 is 7.60 Å². The highest BCUT2D eigenvalue weighted by Crippen LogP contribution is 2.65. The lowest BCUT2D eigenvalue weighted by atomic mass is 9.84. The number of hydrogen-bond donors (Lipinski definition) is 1. The Morgan fingerprint density at radius 3 is 2.38 bits per heavy atom. The first-order chi connectivity index (χ1) is 11.5. The van der Waals surface area contributed by atoms with Gasteiger partial charge in [-0.1, -0.05) is 50.1 Å². The first-order valence-corrected chi connectivity index (χ1v) is 10.7. The zero-order valence-corrected chi connectivity index (χ0v) is 16.4. The largest absolute Gasteiger partial charge is 0.350 e. The van der Waals surface area contributed by atoms with Gasteiger partial charge in [0.25, 0.3) is 0 Å². The molecule has 4 nitrogen and oxygen atoms in total. The topological polar surface area (TPSA) is 47.6 Å². The van der Waals surface area contributed by atoms with E-state index in [0.717, 1.165) is 19.3 Å². The summed E-state index contributed by atoms with van der Waals surface area (Å²) in [6.45, 7) is 8.86. The smallest absolute Gasteiger partial charge is 0.308 e. The van der Waals surface area contributed by atoms with E-state index in [2.05, 4.69) is 31.3 Å². The van der Waals surface area contributed by atoms with Crippen LogP contribution >= 0.6 is 7.60 Å². The van der Waals surface area contributed by atoms with Crippen LogP contribution in [0.15, 0.2) is 30.3 Å². The predicted molar refractivity (Wildman–Crippen MR) is 99.2 cm³/mol. The van der Waals surface area contributed by atoms with Gasteiger partial charge in [-0.25, -0.2) is 0 Å². The van der Waals surface area contributed by atoms with E-state index < -0.39 is 12.9 Å². The predicted octanol–water partition coefficient (Wildman–Crippen LogP) is 5.51. The molecule has 0 spiro atoms. The standard InChI is InChI=1S/C19H32NO3P/c1-5-22-24(21,23-6-2)19(15-11-10-12-16(19)3)20-17(4)18-13-8-7-9-14-18/h7-9,13-14,16-17,20H,5-6,10-12,15H2,1-4H3/t16-,17-,19-/m0/s1. The van der Waals surface area contributed by atoms with Crippen molar-refractivity contribution in [2.24, 2.45) is 5.92 Å². The summed E-state index contributed by atoms with van der Waals surface area (Å²) in [6, 6.07) is 10.4. The van der Waals surface area contributed by atoms with Crippen LogP contribution in [-0.4, -0.2) is 18.5 Å². The first-order valence-electron chi connectivity index (χ1n) is 9.21. The Morgan fingerprint density at radius 2 is 1.83 bits per heavy atom. The molecule has 0 aliphatic heterocycles. The van der Waals surface area contributed by atoms with Gasteiger partial charge in [0.15, 0.2) is 0 Å². The zero-order valence-electron chi connectivity index (χ0n) is 15.5. The summed E-state index contributed by atoms with van der Waals surface area (Å²) in [7, 11) is -3.27. The summed E-state index contributed by atoms with van der Waals surface area (Å²) in [4.78, 5) is 0. The van der Waals surface area contributed by atoms with Gasteiger partial charge in [-0.3, -0.25) is 9.88 Å². The lowest BCUT2D eigenvalue weighted by molar-refractivity contribution is 0.131. The second-order valence-electron chi connectivity index (χ2n) is 6.68. The molecule has 0 radical (unpaired) electrons. The summed E-state index contributed by atoms with van der Waals surface area (Å²) in [5.74, 6) is 0.237. The average Bonchev–Trinajstić information content (AvgIpc) is 2.58. The van der Waals surface area contributed by atoms with Gasteiger partial charge in [-0.2, -0.15) is 0 Å². The van der Waals surface area contributed by atoms with Crippen LogP contribution in [0.1, 0.15) is 65.0 Å². The van der Waals surface area contributed by atoms with E-state index in [1.54, 1.807) is 0 Å². The maximum absolute atomic E-state index is 13.8. The molecule has 0 amide bonds. The van der Waals surface area contributed by atoms with Gasteiger partial charge in [-0.05, 0) is 45.1 Å².